The van der Waals surface area contributed by atoms with Gasteiger partial charge in [-0.05, 0) is 23.6 Å². The maximum atomic E-state index is 11.5. The molecular weight excluding hydrogens is 302 g/mol. The van der Waals surface area contributed by atoms with E-state index in [1.165, 1.54) is 5.56 Å². The lowest BCUT2D eigenvalue weighted by Gasteiger charge is -2.36. The minimum Gasteiger partial charge on any atom is -0.497 e. The normalized spacial score (nSPS) is 15.2. The zero-order valence-electron chi connectivity index (χ0n) is 14.9. The Kier molecular flexibility index (Phi) is 4.60. The van der Waals surface area contributed by atoms with Gasteiger partial charge < -0.3 is 14.5 Å². The third-order valence-corrected chi connectivity index (χ3v) is 4.76. The summed E-state index contributed by atoms with van der Waals surface area (Å²) in [4.78, 5) is 20.4. The van der Waals surface area contributed by atoms with Crippen molar-refractivity contribution in [2.24, 2.45) is 0 Å². The average Bonchev–Trinajstić information content (AvgIpc) is 2.60. The van der Waals surface area contributed by atoms with Crippen molar-refractivity contribution in [2.75, 3.05) is 38.2 Å². The molecule has 0 saturated carbocycles. The summed E-state index contributed by atoms with van der Waals surface area (Å²) in [5.74, 6) is 1.41. The molecule has 3 rings (SSSR count). The summed E-state index contributed by atoms with van der Waals surface area (Å²) < 4.78 is 5.53. The molecule has 1 saturated heterocycles. The summed E-state index contributed by atoms with van der Waals surface area (Å²) in [7, 11) is 1.70. The quantitative estimate of drug-likeness (QED) is 0.869. The van der Waals surface area contributed by atoms with E-state index >= 15 is 0 Å². The number of nitrogens with zero attached hydrogens (tertiary/aromatic N) is 3. The van der Waals surface area contributed by atoms with Crippen LogP contribution in [0, 0.1) is 0 Å². The smallest absolute Gasteiger partial charge is 0.219 e. The van der Waals surface area contributed by atoms with E-state index in [9.17, 15) is 4.79 Å². The Morgan fingerprint density at radius 3 is 2.50 bits per heavy atom. The van der Waals surface area contributed by atoms with Gasteiger partial charge in [-0.2, -0.15) is 0 Å². The molecule has 2 aromatic rings. The predicted octanol–water partition coefficient (Wildman–Crippen LogP) is 3.04. The lowest BCUT2D eigenvalue weighted by Crippen LogP contribution is -2.48. The number of carbonyl (C=O) groups is 1. The van der Waals surface area contributed by atoms with Gasteiger partial charge in [0.2, 0.25) is 5.91 Å². The van der Waals surface area contributed by atoms with E-state index in [4.69, 9.17) is 4.74 Å². The van der Waals surface area contributed by atoms with Gasteiger partial charge in [-0.1, -0.05) is 13.8 Å². The molecule has 0 radical (unpaired) electrons. The van der Waals surface area contributed by atoms with Crippen LogP contribution in [-0.4, -0.2) is 49.1 Å². The van der Waals surface area contributed by atoms with Gasteiger partial charge >= 0.3 is 0 Å². The minimum atomic E-state index is 0.144. The Balaban J connectivity index is 2.04. The topological polar surface area (TPSA) is 45.7 Å². The van der Waals surface area contributed by atoms with Gasteiger partial charge in [0.25, 0.3) is 0 Å². The van der Waals surface area contributed by atoms with Gasteiger partial charge in [0.05, 0.1) is 18.3 Å². The molecule has 0 atom stereocenters. The van der Waals surface area contributed by atoms with Crippen LogP contribution in [0.1, 0.15) is 32.3 Å². The first-order chi connectivity index (χ1) is 11.5. The van der Waals surface area contributed by atoms with Gasteiger partial charge in [-0.3, -0.25) is 9.78 Å². The molecular formula is C19H25N3O2. The minimum absolute atomic E-state index is 0.144. The van der Waals surface area contributed by atoms with E-state index in [-0.39, 0.29) is 5.91 Å². The van der Waals surface area contributed by atoms with E-state index < -0.39 is 0 Å². The van der Waals surface area contributed by atoms with Crippen LogP contribution in [0.4, 0.5) is 5.69 Å². The third-order valence-electron chi connectivity index (χ3n) is 4.76. The Morgan fingerprint density at radius 1 is 1.21 bits per heavy atom. The van der Waals surface area contributed by atoms with Crippen LogP contribution in [0.15, 0.2) is 24.4 Å². The fourth-order valence-electron chi connectivity index (χ4n) is 3.36. The standard InChI is InChI=1S/C19H25N3O2/c1-13(2)16-5-6-20-19-17(16)11-15(24-4)12-18(19)22-9-7-21(8-10-22)14(3)23/h5-6,11-13H,7-10H2,1-4H3. The molecule has 1 aromatic heterocycles. The molecule has 5 nitrogen and oxygen atoms in total. The molecule has 0 N–H and O–H groups in total. The van der Waals surface area contributed by atoms with E-state index in [1.807, 2.05) is 11.1 Å². The van der Waals surface area contributed by atoms with E-state index in [2.05, 4.69) is 41.9 Å². The molecule has 0 spiro atoms. The SMILES string of the molecule is COc1cc(N2CCN(C(C)=O)CC2)c2nccc(C(C)C)c2c1. The summed E-state index contributed by atoms with van der Waals surface area (Å²) in [6.45, 7) is 9.15. The number of piperazine rings is 1. The zero-order chi connectivity index (χ0) is 17.3. The highest BCUT2D eigenvalue weighted by atomic mass is 16.5. The Morgan fingerprint density at radius 2 is 1.92 bits per heavy atom. The number of hydrogen-bond donors (Lipinski definition) is 0. The first-order valence-electron chi connectivity index (χ1n) is 8.48. The number of carbonyl (C=O) groups excluding carboxylic acids is 1. The first-order valence-corrected chi connectivity index (χ1v) is 8.48. The average molecular weight is 327 g/mol. The van der Waals surface area contributed by atoms with Gasteiger partial charge in [0.15, 0.2) is 0 Å². The van der Waals surface area contributed by atoms with Crippen molar-refractivity contribution < 1.29 is 9.53 Å². The molecule has 1 aliphatic rings. The van der Waals surface area contributed by atoms with Crippen molar-refractivity contribution in [1.29, 1.82) is 0 Å². The van der Waals surface area contributed by atoms with Crippen molar-refractivity contribution in [3.8, 4) is 5.75 Å². The highest BCUT2D eigenvalue weighted by Gasteiger charge is 2.22. The molecule has 128 valence electrons. The highest BCUT2D eigenvalue weighted by molar-refractivity contribution is 5.95. The van der Waals surface area contributed by atoms with Crippen LogP contribution >= 0.6 is 0 Å². The van der Waals surface area contributed by atoms with Crippen LogP contribution in [-0.2, 0) is 4.79 Å². The summed E-state index contributed by atoms with van der Waals surface area (Å²) in [5, 5.41) is 1.15. The number of amides is 1. The second-order valence-electron chi connectivity index (χ2n) is 6.59. The van der Waals surface area contributed by atoms with Crippen LogP contribution < -0.4 is 9.64 Å². The fourth-order valence-corrected chi connectivity index (χ4v) is 3.36. The molecule has 5 heteroatoms. The molecule has 1 aliphatic heterocycles. The summed E-state index contributed by atoms with van der Waals surface area (Å²) >= 11 is 0. The molecule has 0 unspecified atom stereocenters. The third kappa shape index (κ3) is 3.03. The molecule has 2 heterocycles. The first kappa shape index (κ1) is 16.6. The predicted molar refractivity (Wildman–Crippen MR) is 96.9 cm³/mol. The van der Waals surface area contributed by atoms with Gasteiger partial charge in [0.1, 0.15) is 5.75 Å². The molecule has 1 aromatic carbocycles. The maximum Gasteiger partial charge on any atom is 0.219 e. The van der Waals surface area contributed by atoms with E-state index in [0.29, 0.717) is 5.92 Å². The van der Waals surface area contributed by atoms with Crippen LogP contribution in [0.3, 0.4) is 0 Å². The maximum absolute atomic E-state index is 11.5. The van der Waals surface area contributed by atoms with Crippen LogP contribution in [0.5, 0.6) is 5.75 Å². The number of fused-ring (bicyclic) bond motifs is 1. The zero-order valence-corrected chi connectivity index (χ0v) is 14.9. The van der Waals surface area contributed by atoms with Crippen molar-refractivity contribution in [2.45, 2.75) is 26.7 Å². The van der Waals surface area contributed by atoms with Crippen molar-refractivity contribution >= 4 is 22.5 Å². The Hall–Kier alpha value is -2.30. The number of benzene rings is 1. The van der Waals surface area contributed by atoms with Gasteiger partial charge in [-0.25, -0.2) is 0 Å². The number of aromatic nitrogens is 1. The van der Waals surface area contributed by atoms with Gasteiger partial charge in [0, 0.05) is 50.8 Å². The summed E-state index contributed by atoms with van der Waals surface area (Å²) in [5.41, 5.74) is 3.39. The van der Waals surface area contributed by atoms with Crippen molar-refractivity contribution in [3.63, 3.8) is 0 Å². The fraction of sp³-hybridized carbons (Fsp3) is 0.474. The molecule has 1 amide bonds. The number of methoxy groups -OCH3 is 1. The summed E-state index contributed by atoms with van der Waals surface area (Å²) in [6.07, 6.45) is 1.89. The van der Waals surface area contributed by atoms with E-state index in [0.717, 1.165) is 48.5 Å². The highest BCUT2D eigenvalue weighted by Crippen LogP contribution is 2.35. The number of ether oxygens (including phenoxy) is 1. The Labute approximate surface area is 143 Å². The second kappa shape index (κ2) is 6.67. The molecule has 1 fully saturated rings. The van der Waals surface area contributed by atoms with Crippen LogP contribution in [0.2, 0.25) is 0 Å². The lowest BCUT2D eigenvalue weighted by molar-refractivity contribution is -0.129. The van der Waals surface area contributed by atoms with Crippen molar-refractivity contribution in [3.05, 3.63) is 30.0 Å². The molecule has 0 bridgehead atoms. The number of hydrogen-bond acceptors (Lipinski definition) is 4. The number of rotatable bonds is 3. The van der Waals surface area contributed by atoms with Crippen molar-refractivity contribution in [1.82, 2.24) is 9.88 Å². The molecule has 24 heavy (non-hydrogen) atoms. The van der Waals surface area contributed by atoms with E-state index in [1.54, 1.807) is 14.0 Å². The summed E-state index contributed by atoms with van der Waals surface area (Å²) in [6, 6.07) is 6.22. The largest absolute Gasteiger partial charge is 0.497 e. The second-order valence-corrected chi connectivity index (χ2v) is 6.59. The Bertz CT molecular complexity index is 750. The lowest BCUT2D eigenvalue weighted by atomic mass is 9.98. The monoisotopic (exact) mass is 327 g/mol. The number of pyridine rings is 1. The number of anilines is 1. The van der Waals surface area contributed by atoms with Gasteiger partial charge in [-0.15, -0.1) is 0 Å². The van der Waals surface area contributed by atoms with Crippen LogP contribution in [0.25, 0.3) is 10.9 Å². The molecule has 0 aliphatic carbocycles.